The lowest BCUT2D eigenvalue weighted by Crippen LogP contribution is -2.12. The highest BCUT2D eigenvalue weighted by Crippen LogP contribution is 2.21. The number of hydrogen-bond acceptors (Lipinski definition) is 5. The van der Waals surface area contributed by atoms with Crippen molar-refractivity contribution in [1.82, 2.24) is 10.2 Å². The lowest BCUT2D eigenvalue weighted by molar-refractivity contribution is 0.601. The first-order valence-corrected chi connectivity index (χ1v) is 7.80. The van der Waals surface area contributed by atoms with E-state index in [2.05, 4.69) is 14.9 Å². The van der Waals surface area contributed by atoms with Gasteiger partial charge in [-0.15, -0.1) is 10.2 Å². The maximum Gasteiger partial charge on any atom is 0.263 e. The van der Waals surface area contributed by atoms with Gasteiger partial charge in [-0.1, -0.05) is 35.9 Å². The molecule has 0 unspecified atom stereocenters. The van der Waals surface area contributed by atoms with Gasteiger partial charge < -0.3 is 0 Å². The van der Waals surface area contributed by atoms with Gasteiger partial charge in [0.1, 0.15) is 5.01 Å². The molecule has 1 heterocycles. The molecule has 1 N–H and O–H groups in total. The summed E-state index contributed by atoms with van der Waals surface area (Å²) >= 11 is 6.98. The molecule has 0 aliphatic heterocycles. The zero-order chi connectivity index (χ0) is 13.2. The number of anilines is 1. The normalized spacial score (nSPS) is 11.4. The number of halogens is 1. The summed E-state index contributed by atoms with van der Waals surface area (Å²) in [7, 11) is -3.66. The molecule has 18 heavy (non-hydrogen) atoms. The molecule has 8 heteroatoms. The predicted molar refractivity (Wildman–Crippen MR) is 71.5 cm³/mol. The third-order valence-electron chi connectivity index (χ3n) is 2.10. The lowest BCUT2D eigenvalue weighted by Gasteiger charge is -2.04. The van der Waals surface area contributed by atoms with Crippen LogP contribution in [0.5, 0.6) is 0 Å². The van der Waals surface area contributed by atoms with Crippen molar-refractivity contribution >= 4 is 38.1 Å². The van der Waals surface area contributed by atoms with Crippen LogP contribution in [0.4, 0.5) is 5.13 Å². The first kappa shape index (κ1) is 13.3. The molecule has 0 bridgehead atoms. The van der Waals surface area contributed by atoms with E-state index in [0.717, 1.165) is 11.4 Å². The van der Waals surface area contributed by atoms with Gasteiger partial charge in [0.05, 0.1) is 4.90 Å². The third kappa shape index (κ3) is 2.98. The molecule has 2 aromatic rings. The summed E-state index contributed by atoms with van der Waals surface area (Å²) in [6.45, 7) is 1.93. The first-order valence-electron chi connectivity index (χ1n) is 5.12. The molecule has 0 radical (unpaired) electrons. The quantitative estimate of drug-likeness (QED) is 0.942. The summed E-state index contributed by atoms with van der Waals surface area (Å²) in [5.41, 5.74) is 0. The van der Waals surface area contributed by atoms with E-state index in [-0.39, 0.29) is 10.0 Å². The summed E-state index contributed by atoms with van der Waals surface area (Å²) in [6.07, 6.45) is 0.719. The highest BCUT2D eigenvalue weighted by Gasteiger charge is 2.16. The smallest absolute Gasteiger partial charge is 0.253 e. The highest BCUT2D eigenvalue weighted by molar-refractivity contribution is 7.93. The molecule has 0 spiro atoms. The van der Waals surface area contributed by atoms with Crippen LogP contribution < -0.4 is 4.72 Å². The van der Waals surface area contributed by atoms with E-state index in [1.54, 1.807) is 12.1 Å². The molecule has 2 rings (SSSR count). The van der Waals surface area contributed by atoms with Gasteiger partial charge in [-0.05, 0) is 24.6 Å². The Morgan fingerprint density at radius 1 is 1.39 bits per heavy atom. The molecule has 0 atom stereocenters. The fraction of sp³-hybridized carbons (Fsp3) is 0.200. The van der Waals surface area contributed by atoms with Crippen molar-refractivity contribution in [2.75, 3.05) is 4.72 Å². The van der Waals surface area contributed by atoms with E-state index in [1.165, 1.54) is 23.5 Å². The molecule has 0 fully saturated rings. The van der Waals surface area contributed by atoms with E-state index in [1.807, 2.05) is 6.92 Å². The van der Waals surface area contributed by atoms with Gasteiger partial charge in [-0.2, -0.15) is 0 Å². The van der Waals surface area contributed by atoms with Crippen LogP contribution in [0.25, 0.3) is 0 Å². The molecule has 0 saturated carbocycles. The molecule has 0 amide bonds. The van der Waals surface area contributed by atoms with E-state index in [9.17, 15) is 8.42 Å². The van der Waals surface area contributed by atoms with Gasteiger partial charge in [0.2, 0.25) is 5.13 Å². The summed E-state index contributed by atoms with van der Waals surface area (Å²) in [6, 6.07) is 6.04. The highest BCUT2D eigenvalue weighted by atomic mass is 35.5. The Labute approximate surface area is 114 Å². The van der Waals surface area contributed by atoms with Crippen molar-refractivity contribution < 1.29 is 8.42 Å². The number of nitrogens with one attached hydrogen (secondary N) is 1. The Bertz CT molecular complexity index is 655. The van der Waals surface area contributed by atoms with Gasteiger partial charge >= 0.3 is 0 Å². The maximum atomic E-state index is 12.0. The molecule has 1 aromatic heterocycles. The molecule has 1 aromatic carbocycles. The zero-order valence-electron chi connectivity index (χ0n) is 9.42. The minimum atomic E-state index is -3.66. The Kier molecular flexibility index (Phi) is 3.84. The standard InChI is InChI=1S/C10H10ClN3O2S2/c1-2-9-12-13-10(17-9)14-18(15,16)8-5-3-4-7(11)6-8/h3-6H,2H2,1H3,(H,13,14). The molecule has 0 aliphatic rings. The second-order valence-corrected chi connectivity index (χ2v) is 6.60. The van der Waals surface area contributed by atoms with Crippen molar-refractivity contribution in [2.45, 2.75) is 18.2 Å². The SMILES string of the molecule is CCc1nnc(NS(=O)(=O)c2cccc(Cl)c2)s1. The fourth-order valence-electron chi connectivity index (χ4n) is 1.25. The summed E-state index contributed by atoms with van der Waals surface area (Å²) in [5.74, 6) is 0. The van der Waals surface area contributed by atoms with Crippen LogP contribution in [0, 0.1) is 0 Å². The monoisotopic (exact) mass is 303 g/mol. The molecular weight excluding hydrogens is 294 g/mol. The lowest BCUT2D eigenvalue weighted by atomic mass is 10.4. The second kappa shape index (κ2) is 5.21. The predicted octanol–water partition coefficient (Wildman–Crippen LogP) is 2.55. The van der Waals surface area contributed by atoms with Crippen LogP contribution in [-0.2, 0) is 16.4 Å². The van der Waals surface area contributed by atoms with Crippen molar-refractivity contribution in [3.05, 3.63) is 34.3 Å². The van der Waals surface area contributed by atoms with Crippen LogP contribution in [0.1, 0.15) is 11.9 Å². The van der Waals surface area contributed by atoms with Crippen molar-refractivity contribution in [1.29, 1.82) is 0 Å². The van der Waals surface area contributed by atoms with Gasteiger partial charge in [0.25, 0.3) is 10.0 Å². The van der Waals surface area contributed by atoms with Crippen LogP contribution >= 0.6 is 22.9 Å². The Hall–Kier alpha value is -1.18. The number of hydrogen-bond donors (Lipinski definition) is 1. The van der Waals surface area contributed by atoms with Crippen LogP contribution in [-0.4, -0.2) is 18.6 Å². The van der Waals surface area contributed by atoms with Gasteiger partial charge in [0, 0.05) is 5.02 Å². The number of aromatic nitrogens is 2. The van der Waals surface area contributed by atoms with E-state index >= 15 is 0 Å². The Morgan fingerprint density at radius 2 is 2.17 bits per heavy atom. The minimum absolute atomic E-state index is 0.100. The van der Waals surface area contributed by atoms with Crippen LogP contribution in [0.3, 0.4) is 0 Å². The topological polar surface area (TPSA) is 72.0 Å². The number of nitrogens with zero attached hydrogens (tertiary/aromatic N) is 2. The Morgan fingerprint density at radius 3 is 2.78 bits per heavy atom. The summed E-state index contributed by atoms with van der Waals surface area (Å²) < 4.78 is 26.4. The van der Waals surface area contributed by atoms with Gasteiger partial charge in [0.15, 0.2) is 0 Å². The van der Waals surface area contributed by atoms with E-state index in [4.69, 9.17) is 11.6 Å². The summed E-state index contributed by atoms with van der Waals surface area (Å²) in [5, 5.41) is 9.01. The van der Waals surface area contributed by atoms with Crippen LogP contribution in [0.15, 0.2) is 29.2 Å². The van der Waals surface area contributed by atoms with Crippen LogP contribution in [0.2, 0.25) is 5.02 Å². The molecule has 0 aliphatic carbocycles. The van der Waals surface area contributed by atoms with Gasteiger partial charge in [-0.3, -0.25) is 4.72 Å². The zero-order valence-corrected chi connectivity index (χ0v) is 11.8. The summed E-state index contributed by atoms with van der Waals surface area (Å²) in [4.78, 5) is 0.100. The molecule has 5 nitrogen and oxygen atoms in total. The minimum Gasteiger partial charge on any atom is -0.253 e. The second-order valence-electron chi connectivity index (χ2n) is 3.42. The van der Waals surface area contributed by atoms with Crippen molar-refractivity contribution in [3.63, 3.8) is 0 Å². The number of sulfonamides is 1. The largest absolute Gasteiger partial charge is 0.263 e. The molecule has 0 saturated heterocycles. The fourth-order valence-corrected chi connectivity index (χ4v) is 3.46. The average Bonchev–Trinajstić information content (AvgIpc) is 2.76. The van der Waals surface area contributed by atoms with Crippen molar-refractivity contribution in [3.8, 4) is 0 Å². The maximum absolute atomic E-state index is 12.0. The first-order chi connectivity index (χ1) is 8.51. The molecular formula is C10H10ClN3O2S2. The van der Waals surface area contributed by atoms with E-state index < -0.39 is 10.0 Å². The number of aryl methyl sites for hydroxylation is 1. The van der Waals surface area contributed by atoms with Crippen molar-refractivity contribution in [2.24, 2.45) is 0 Å². The number of benzene rings is 1. The average molecular weight is 304 g/mol. The third-order valence-corrected chi connectivity index (χ3v) is 4.78. The number of rotatable bonds is 4. The van der Waals surface area contributed by atoms with Gasteiger partial charge in [-0.25, -0.2) is 8.42 Å². The Balaban J connectivity index is 2.27. The molecule has 96 valence electrons. The van der Waals surface area contributed by atoms with E-state index in [0.29, 0.717) is 5.02 Å².